The number of unbranched alkanes of at least 4 members (excludes halogenated alkanes) is 34. The molecule has 0 aromatic rings. The van der Waals surface area contributed by atoms with Gasteiger partial charge in [0.25, 0.3) is 0 Å². The van der Waals surface area contributed by atoms with Crippen molar-refractivity contribution in [2.45, 2.75) is 369 Å². The minimum Gasteiger partial charge on any atom is -0.462 e. The maximum absolute atomic E-state index is 13.0. The van der Waals surface area contributed by atoms with Gasteiger partial charge in [-0.3, -0.25) is 37.3 Å². The minimum absolute atomic E-state index is 0.104. The molecule has 4 unspecified atom stereocenters. The highest BCUT2D eigenvalue weighted by atomic mass is 31.2. The van der Waals surface area contributed by atoms with Gasteiger partial charge in [0.1, 0.15) is 19.3 Å². The molecule has 7 atom stereocenters. The molecule has 0 bridgehead atoms. The van der Waals surface area contributed by atoms with Crippen molar-refractivity contribution in [2.24, 2.45) is 17.8 Å². The highest BCUT2D eigenvalue weighted by Crippen LogP contribution is 2.45. The Morgan fingerprint density at radius 1 is 0.326 bits per heavy atom. The first kappa shape index (κ1) is 87.1. The Balaban J connectivity index is 5.23. The summed E-state index contributed by atoms with van der Waals surface area (Å²) in [6.07, 6.45) is 44.4. The van der Waals surface area contributed by atoms with Gasteiger partial charge in [0, 0.05) is 25.7 Å². The number of ether oxygens (including phenoxy) is 4. The summed E-state index contributed by atoms with van der Waals surface area (Å²) in [5, 5.41) is 10.6. The summed E-state index contributed by atoms with van der Waals surface area (Å²) in [6, 6.07) is 0. The van der Waals surface area contributed by atoms with E-state index in [9.17, 15) is 43.2 Å². The number of esters is 4. The molecule has 0 rings (SSSR count). The molecule has 0 aliphatic carbocycles. The van der Waals surface area contributed by atoms with Gasteiger partial charge in [-0.25, -0.2) is 9.13 Å². The molecule has 0 fully saturated rings. The number of aliphatic hydroxyl groups excluding tert-OH is 1. The van der Waals surface area contributed by atoms with Crippen LogP contribution in [-0.2, 0) is 65.4 Å². The number of rotatable bonds is 68. The second-order valence-electron chi connectivity index (χ2n) is 26.2. The molecule has 528 valence electrons. The normalized spacial score (nSPS) is 14.8. The number of phosphoric ester groups is 2. The van der Waals surface area contributed by atoms with Gasteiger partial charge in [0.05, 0.1) is 26.4 Å². The molecular formula is C70H136O17P2. The van der Waals surface area contributed by atoms with Gasteiger partial charge in [-0.05, 0) is 43.4 Å². The summed E-state index contributed by atoms with van der Waals surface area (Å²) < 4.78 is 68.2. The van der Waals surface area contributed by atoms with Crippen molar-refractivity contribution in [2.75, 3.05) is 39.6 Å². The quantitative estimate of drug-likeness (QED) is 0.0222. The van der Waals surface area contributed by atoms with Crippen LogP contribution in [-0.4, -0.2) is 96.7 Å². The van der Waals surface area contributed by atoms with Gasteiger partial charge >= 0.3 is 39.5 Å². The lowest BCUT2D eigenvalue weighted by atomic mass is 9.99. The van der Waals surface area contributed by atoms with E-state index in [1.54, 1.807) is 0 Å². The van der Waals surface area contributed by atoms with E-state index in [1.807, 2.05) is 0 Å². The molecule has 3 N–H and O–H groups in total. The molecule has 89 heavy (non-hydrogen) atoms. The zero-order valence-electron chi connectivity index (χ0n) is 57.9. The fourth-order valence-corrected chi connectivity index (χ4v) is 12.1. The van der Waals surface area contributed by atoms with E-state index in [2.05, 4.69) is 48.5 Å². The van der Waals surface area contributed by atoms with Crippen LogP contribution in [0.25, 0.3) is 0 Å². The first-order valence-corrected chi connectivity index (χ1v) is 39.4. The lowest BCUT2D eigenvalue weighted by Gasteiger charge is -2.21. The smallest absolute Gasteiger partial charge is 0.462 e. The predicted molar refractivity (Wildman–Crippen MR) is 358 cm³/mol. The van der Waals surface area contributed by atoms with Crippen LogP contribution in [0.4, 0.5) is 0 Å². The molecule has 0 saturated carbocycles. The van der Waals surface area contributed by atoms with Crippen molar-refractivity contribution >= 4 is 39.5 Å². The molecule has 0 amide bonds. The van der Waals surface area contributed by atoms with E-state index >= 15 is 0 Å². The summed E-state index contributed by atoms with van der Waals surface area (Å²) in [7, 11) is -9.90. The second kappa shape index (κ2) is 61.0. The monoisotopic (exact) mass is 1310 g/mol. The van der Waals surface area contributed by atoms with Crippen molar-refractivity contribution in [3.8, 4) is 0 Å². The van der Waals surface area contributed by atoms with Crippen LogP contribution < -0.4 is 0 Å². The zero-order valence-corrected chi connectivity index (χ0v) is 59.7. The first-order valence-electron chi connectivity index (χ1n) is 36.4. The first-order chi connectivity index (χ1) is 42.8. The molecule has 0 radical (unpaired) electrons. The summed E-state index contributed by atoms with van der Waals surface area (Å²) in [5.41, 5.74) is 0. The van der Waals surface area contributed by atoms with E-state index < -0.39 is 97.5 Å². The third kappa shape index (κ3) is 62.0. The molecule has 0 heterocycles. The van der Waals surface area contributed by atoms with E-state index in [4.69, 9.17) is 37.0 Å². The van der Waals surface area contributed by atoms with E-state index in [1.165, 1.54) is 154 Å². The Morgan fingerprint density at radius 2 is 0.573 bits per heavy atom. The predicted octanol–water partition coefficient (Wildman–Crippen LogP) is 19.8. The van der Waals surface area contributed by atoms with Gasteiger partial charge in [-0.1, -0.05) is 299 Å². The van der Waals surface area contributed by atoms with Gasteiger partial charge in [0.15, 0.2) is 12.2 Å². The Kier molecular flexibility index (Phi) is 59.6. The number of carbonyl (C=O) groups is 4. The van der Waals surface area contributed by atoms with E-state index in [-0.39, 0.29) is 25.7 Å². The van der Waals surface area contributed by atoms with Gasteiger partial charge in [-0.15, -0.1) is 0 Å². The van der Waals surface area contributed by atoms with Gasteiger partial charge in [0.2, 0.25) is 0 Å². The van der Waals surface area contributed by atoms with Gasteiger partial charge < -0.3 is 33.8 Å². The van der Waals surface area contributed by atoms with E-state index in [0.29, 0.717) is 25.7 Å². The number of hydrogen-bond acceptors (Lipinski definition) is 15. The fourth-order valence-electron chi connectivity index (χ4n) is 10.5. The molecular weight excluding hydrogens is 1170 g/mol. The number of hydrogen-bond donors (Lipinski definition) is 3. The van der Waals surface area contributed by atoms with Gasteiger partial charge in [-0.2, -0.15) is 0 Å². The molecule has 0 saturated heterocycles. The summed E-state index contributed by atoms with van der Waals surface area (Å²) in [5.74, 6) is 0.212. The van der Waals surface area contributed by atoms with E-state index in [0.717, 1.165) is 114 Å². The lowest BCUT2D eigenvalue weighted by Crippen LogP contribution is -2.30. The van der Waals surface area contributed by atoms with Crippen LogP contribution in [0.1, 0.15) is 350 Å². The van der Waals surface area contributed by atoms with Crippen LogP contribution in [0.15, 0.2) is 0 Å². The Labute approximate surface area is 543 Å². The average molecular weight is 1310 g/mol. The number of phosphoric acid groups is 2. The SMILES string of the molecule is CCCCCCCCCCC(=O)OC[C@H](COP(=O)(O)OC[C@H](O)COP(=O)(O)OC[C@@H](COC(=O)CCCCCCCCCCC(C)CC)OC(=O)CCCCCCCCCCCCCCCCC(C)C)OC(=O)CCCCCCCCCCC(C)CC. The Hall–Kier alpha value is -1.94. The fraction of sp³-hybridized carbons (Fsp3) is 0.943. The number of carbonyl (C=O) groups excluding carboxylic acids is 4. The van der Waals surface area contributed by atoms with Crippen LogP contribution in [0.2, 0.25) is 0 Å². The topological polar surface area (TPSA) is 237 Å². The van der Waals surface area contributed by atoms with Crippen LogP contribution >= 0.6 is 15.6 Å². The lowest BCUT2D eigenvalue weighted by molar-refractivity contribution is -0.161. The molecule has 17 nitrogen and oxygen atoms in total. The Bertz CT molecular complexity index is 1750. The highest BCUT2D eigenvalue weighted by Gasteiger charge is 2.30. The van der Waals surface area contributed by atoms with Crippen LogP contribution in [0, 0.1) is 17.8 Å². The summed E-state index contributed by atoms with van der Waals surface area (Å²) >= 11 is 0. The third-order valence-corrected chi connectivity index (χ3v) is 18.8. The largest absolute Gasteiger partial charge is 0.472 e. The number of aliphatic hydroxyl groups is 1. The maximum Gasteiger partial charge on any atom is 0.472 e. The molecule has 0 aromatic heterocycles. The van der Waals surface area contributed by atoms with Crippen molar-refractivity contribution in [3.63, 3.8) is 0 Å². The molecule has 0 spiro atoms. The standard InChI is InChI=1S/C70H136O17P2/c1-8-11-12-13-14-30-37-44-51-67(72)80-57-65(87-70(75)54-47-40-33-26-24-29-36-43-50-63(7)10-3)59-84-88(76,77)82-55-64(71)56-83-89(78,79)85-60-66(58-81-68(73)52-45-38-31-25-23-28-35-42-49-62(6)9-2)86-69(74)53-46-39-32-22-20-18-16-15-17-19-21-27-34-41-48-61(4)5/h61-66,71H,8-60H2,1-7H3,(H,76,77)(H,78,79)/t62?,63?,64-,65+,66+/m0/s1. The summed E-state index contributed by atoms with van der Waals surface area (Å²) in [4.78, 5) is 72.5. The van der Waals surface area contributed by atoms with Crippen molar-refractivity contribution in [1.29, 1.82) is 0 Å². The molecule has 19 heteroatoms. The van der Waals surface area contributed by atoms with Crippen LogP contribution in [0.3, 0.4) is 0 Å². The Morgan fingerprint density at radius 3 is 0.854 bits per heavy atom. The minimum atomic E-state index is -4.95. The second-order valence-corrected chi connectivity index (χ2v) is 29.1. The third-order valence-electron chi connectivity index (χ3n) is 16.9. The highest BCUT2D eigenvalue weighted by molar-refractivity contribution is 7.47. The van der Waals surface area contributed by atoms with Crippen molar-refractivity contribution < 1.29 is 80.2 Å². The maximum atomic E-state index is 13.0. The zero-order chi connectivity index (χ0) is 65.9. The average Bonchev–Trinajstić information content (AvgIpc) is 3.69. The summed E-state index contributed by atoms with van der Waals surface area (Å²) in [6.45, 7) is 11.8. The molecule has 0 aromatic carbocycles. The molecule has 0 aliphatic heterocycles. The molecule has 0 aliphatic rings. The van der Waals surface area contributed by atoms with Crippen LogP contribution in [0.5, 0.6) is 0 Å². The van der Waals surface area contributed by atoms with Crippen molar-refractivity contribution in [3.05, 3.63) is 0 Å². The van der Waals surface area contributed by atoms with Crippen molar-refractivity contribution in [1.82, 2.24) is 0 Å².